The Morgan fingerprint density at radius 3 is 2.62 bits per heavy atom. The number of hydrogen-bond acceptors (Lipinski definition) is 3. The van der Waals surface area contributed by atoms with Crippen LogP contribution in [0.2, 0.25) is 0 Å². The van der Waals surface area contributed by atoms with Crippen LogP contribution < -0.4 is 0 Å². The molecule has 0 radical (unpaired) electrons. The van der Waals surface area contributed by atoms with Gasteiger partial charge in [0.05, 0.1) is 12.5 Å². The molecular weight excluding hydrogens is 170 g/mol. The third-order valence-electron chi connectivity index (χ3n) is 1.84. The van der Waals surface area contributed by atoms with Crippen LogP contribution in [0.1, 0.15) is 13.8 Å². The SMILES string of the molecule is CCN(C)C(=O)C(C)COCOC. The van der Waals surface area contributed by atoms with Crippen molar-refractivity contribution < 1.29 is 14.3 Å². The molecule has 0 spiro atoms. The topological polar surface area (TPSA) is 38.8 Å². The molecular formula is C9H19NO3. The second-order valence-corrected chi connectivity index (χ2v) is 3.03. The maximum Gasteiger partial charge on any atom is 0.227 e. The highest BCUT2D eigenvalue weighted by Gasteiger charge is 2.15. The predicted octanol–water partition coefficient (Wildman–Crippen LogP) is 0.721. The number of nitrogens with zero attached hydrogens (tertiary/aromatic N) is 1. The molecule has 0 saturated heterocycles. The predicted molar refractivity (Wildman–Crippen MR) is 50.3 cm³/mol. The smallest absolute Gasteiger partial charge is 0.227 e. The number of carbonyl (C=O) groups excluding carboxylic acids is 1. The van der Waals surface area contributed by atoms with E-state index in [1.165, 1.54) is 0 Å². The van der Waals surface area contributed by atoms with Gasteiger partial charge in [-0.05, 0) is 6.92 Å². The van der Waals surface area contributed by atoms with Gasteiger partial charge in [-0.2, -0.15) is 0 Å². The average Bonchev–Trinajstić information content (AvgIpc) is 2.15. The normalized spacial score (nSPS) is 12.6. The molecule has 0 aliphatic carbocycles. The summed E-state index contributed by atoms with van der Waals surface area (Å²) in [5.74, 6) is 0.0127. The first-order valence-corrected chi connectivity index (χ1v) is 4.45. The second kappa shape index (κ2) is 6.86. The molecule has 0 aromatic rings. The van der Waals surface area contributed by atoms with Crippen molar-refractivity contribution in [2.75, 3.05) is 34.1 Å². The maximum absolute atomic E-state index is 11.5. The van der Waals surface area contributed by atoms with E-state index in [2.05, 4.69) is 0 Å². The maximum atomic E-state index is 11.5. The summed E-state index contributed by atoms with van der Waals surface area (Å²) in [6.07, 6.45) is 0. The van der Waals surface area contributed by atoms with E-state index in [-0.39, 0.29) is 18.6 Å². The quantitative estimate of drug-likeness (QED) is 0.456. The minimum Gasteiger partial charge on any atom is -0.359 e. The first-order chi connectivity index (χ1) is 6.13. The molecule has 0 heterocycles. The Morgan fingerprint density at radius 1 is 1.54 bits per heavy atom. The van der Waals surface area contributed by atoms with Gasteiger partial charge < -0.3 is 14.4 Å². The van der Waals surface area contributed by atoms with Crippen molar-refractivity contribution >= 4 is 5.91 Å². The molecule has 0 aromatic heterocycles. The van der Waals surface area contributed by atoms with Crippen LogP contribution in [0.4, 0.5) is 0 Å². The van der Waals surface area contributed by atoms with E-state index in [9.17, 15) is 4.79 Å². The lowest BCUT2D eigenvalue weighted by molar-refractivity contribution is -0.137. The molecule has 0 aromatic carbocycles. The van der Waals surface area contributed by atoms with Gasteiger partial charge in [0.15, 0.2) is 0 Å². The fourth-order valence-corrected chi connectivity index (χ4v) is 0.912. The van der Waals surface area contributed by atoms with Gasteiger partial charge in [0.25, 0.3) is 0 Å². The van der Waals surface area contributed by atoms with Crippen molar-refractivity contribution in [2.45, 2.75) is 13.8 Å². The molecule has 0 fully saturated rings. The summed E-state index contributed by atoms with van der Waals surface area (Å²) >= 11 is 0. The van der Waals surface area contributed by atoms with E-state index in [4.69, 9.17) is 9.47 Å². The van der Waals surface area contributed by atoms with Crippen molar-refractivity contribution in [3.05, 3.63) is 0 Å². The van der Waals surface area contributed by atoms with Crippen LogP contribution in [0.3, 0.4) is 0 Å². The highest BCUT2D eigenvalue weighted by atomic mass is 16.7. The third-order valence-corrected chi connectivity index (χ3v) is 1.84. The Morgan fingerprint density at radius 2 is 2.15 bits per heavy atom. The summed E-state index contributed by atoms with van der Waals surface area (Å²) in [5.41, 5.74) is 0. The van der Waals surface area contributed by atoms with Gasteiger partial charge in [-0.25, -0.2) is 0 Å². The van der Waals surface area contributed by atoms with Crippen LogP contribution in [-0.4, -0.2) is 44.9 Å². The monoisotopic (exact) mass is 189 g/mol. The Kier molecular flexibility index (Phi) is 6.54. The molecule has 0 rings (SSSR count). The number of amides is 1. The van der Waals surface area contributed by atoms with E-state index < -0.39 is 0 Å². The molecule has 78 valence electrons. The van der Waals surface area contributed by atoms with Gasteiger partial charge in [-0.1, -0.05) is 6.92 Å². The Hall–Kier alpha value is -0.610. The summed E-state index contributed by atoms with van der Waals surface area (Å²) in [6, 6.07) is 0. The van der Waals surface area contributed by atoms with Gasteiger partial charge in [-0.3, -0.25) is 4.79 Å². The molecule has 1 unspecified atom stereocenters. The number of rotatable bonds is 6. The zero-order valence-corrected chi connectivity index (χ0v) is 8.87. The average molecular weight is 189 g/mol. The van der Waals surface area contributed by atoms with Crippen LogP contribution in [0.25, 0.3) is 0 Å². The minimum atomic E-state index is -0.0971. The highest BCUT2D eigenvalue weighted by molar-refractivity contribution is 5.78. The molecule has 1 amide bonds. The first kappa shape index (κ1) is 12.4. The molecule has 0 bridgehead atoms. The van der Waals surface area contributed by atoms with Crippen LogP contribution in [0, 0.1) is 5.92 Å². The lowest BCUT2D eigenvalue weighted by Gasteiger charge is -2.19. The lowest BCUT2D eigenvalue weighted by atomic mass is 10.2. The molecule has 0 aliphatic rings. The van der Waals surface area contributed by atoms with Crippen molar-refractivity contribution in [3.8, 4) is 0 Å². The fraction of sp³-hybridized carbons (Fsp3) is 0.889. The van der Waals surface area contributed by atoms with Gasteiger partial charge in [0, 0.05) is 20.7 Å². The van der Waals surface area contributed by atoms with Crippen LogP contribution in [-0.2, 0) is 14.3 Å². The zero-order valence-electron chi connectivity index (χ0n) is 8.87. The van der Waals surface area contributed by atoms with Crippen LogP contribution in [0.15, 0.2) is 0 Å². The summed E-state index contributed by atoms with van der Waals surface area (Å²) in [6.45, 7) is 5.18. The van der Waals surface area contributed by atoms with Gasteiger partial charge in [0.2, 0.25) is 5.91 Å². The Bertz CT molecular complexity index is 150. The van der Waals surface area contributed by atoms with Crippen molar-refractivity contribution in [1.29, 1.82) is 0 Å². The molecule has 0 saturated carbocycles. The van der Waals surface area contributed by atoms with Crippen LogP contribution in [0.5, 0.6) is 0 Å². The number of methoxy groups -OCH3 is 1. The van der Waals surface area contributed by atoms with E-state index in [0.29, 0.717) is 6.61 Å². The third kappa shape index (κ3) is 4.85. The molecule has 13 heavy (non-hydrogen) atoms. The van der Waals surface area contributed by atoms with Gasteiger partial charge in [-0.15, -0.1) is 0 Å². The molecule has 1 atom stereocenters. The minimum absolute atomic E-state index is 0.0971. The number of hydrogen-bond donors (Lipinski definition) is 0. The van der Waals surface area contributed by atoms with E-state index in [1.54, 1.807) is 19.1 Å². The number of carbonyl (C=O) groups is 1. The van der Waals surface area contributed by atoms with Crippen molar-refractivity contribution in [1.82, 2.24) is 4.90 Å². The molecule has 0 aliphatic heterocycles. The zero-order chi connectivity index (χ0) is 10.3. The van der Waals surface area contributed by atoms with E-state index >= 15 is 0 Å². The van der Waals surface area contributed by atoms with Gasteiger partial charge in [0.1, 0.15) is 6.79 Å². The largest absolute Gasteiger partial charge is 0.359 e. The highest BCUT2D eigenvalue weighted by Crippen LogP contribution is 2.01. The Labute approximate surface area is 79.8 Å². The first-order valence-electron chi connectivity index (χ1n) is 4.45. The van der Waals surface area contributed by atoms with Gasteiger partial charge >= 0.3 is 0 Å². The second-order valence-electron chi connectivity index (χ2n) is 3.03. The molecule has 4 heteroatoms. The van der Waals surface area contributed by atoms with E-state index in [0.717, 1.165) is 6.54 Å². The summed E-state index contributed by atoms with van der Waals surface area (Å²) in [5, 5.41) is 0. The van der Waals surface area contributed by atoms with Crippen LogP contribution >= 0.6 is 0 Å². The summed E-state index contributed by atoms with van der Waals surface area (Å²) in [4.78, 5) is 13.2. The van der Waals surface area contributed by atoms with Crippen molar-refractivity contribution in [3.63, 3.8) is 0 Å². The Balaban J connectivity index is 3.69. The fourth-order valence-electron chi connectivity index (χ4n) is 0.912. The summed E-state index contributed by atoms with van der Waals surface area (Å²) < 4.78 is 9.80. The van der Waals surface area contributed by atoms with E-state index in [1.807, 2.05) is 13.8 Å². The standard InChI is InChI=1S/C9H19NO3/c1-5-10(3)9(11)8(2)6-13-7-12-4/h8H,5-7H2,1-4H3. The summed E-state index contributed by atoms with van der Waals surface area (Å²) in [7, 11) is 3.35. The molecule has 4 nitrogen and oxygen atoms in total. The van der Waals surface area contributed by atoms with Crippen molar-refractivity contribution in [2.24, 2.45) is 5.92 Å². The lowest BCUT2D eigenvalue weighted by Crippen LogP contribution is -2.33. The molecule has 0 N–H and O–H groups in total. The number of ether oxygens (including phenoxy) is 2.